The van der Waals surface area contributed by atoms with Crippen molar-refractivity contribution in [2.24, 2.45) is 11.8 Å². The monoisotopic (exact) mass is 375 g/mol. The molecule has 1 saturated heterocycles. The van der Waals surface area contributed by atoms with Gasteiger partial charge in [0.1, 0.15) is 24.2 Å². The number of aliphatic hydroxyl groups excluding tert-OH is 1. The minimum Gasteiger partial charge on any atom is -0.489 e. The van der Waals surface area contributed by atoms with Crippen LogP contribution in [0.15, 0.2) is 54.6 Å². The van der Waals surface area contributed by atoms with E-state index in [0.29, 0.717) is 18.4 Å². The first-order chi connectivity index (χ1) is 12.3. The fraction of sp³-hybridized carbons (Fsp3) is 0.429. The summed E-state index contributed by atoms with van der Waals surface area (Å²) >= 11 is 0. The van der Waals surface area contributed by atoms with Gasteiger partial charge >= 0.3 is 0 Å². The molecule has 0 radical (unpaired) electrons. The van der Waals surface area contributed by atoms with Crippen LogP contribution in [0.3, 0.4) is 0 Å². The van der Waals surface area contributed by atoms with E-state index in [-0.39, 0.29) is 18.5 Å². The first-order valence-corrected chi connectivity index (χ1v) is 9.10. The highest BCUT2D eigenvalue weighted by Gasteiger charge is 2.39. The number of hydrogen-bond donors (Lipinski definition) is 2. The van der Waals surface area contributed by atoms with Crippen LogP contribution in [0.1, 0.15) is 18.4 Å². The number of hydrogen-bond acceptors (Lipinski definition) is 4. The molecule has 4 atom stereocenters. The summed E-state index contributed by atoms with van der Waals surface area (Å²) in [6, 6.07) is 17.8. The number of fused-ring (bicyclic) bond motifs is 1. The number of ether oxygens (including phenoxy) is 2. The highest BCUT2D eigenvalue weighted by molar-refractivity contribution is 5.85. The van der Waals surface area contributed by atoms with E-state index in [2.05, 4.69) is 5.32 Å². The predicted molar refractivity (Wildman–Crippen MR) is 104 cm³/mol. The average Bonchev–Trinajstić information content (AvgIpc) is 3.09. The summed E-state index contributed by atoms with van der Waals surface area (Å²) in [5.74, 6) is 2.76. The molecule has 2 N–H and O–H groups in total. The zero-order valence-electron chi connectivity index (χ0n) is 14.7. The Bertz CT molecular complexity index is 697. The molecular weight excluding hydrogens is 350 g/mol. The molecule has 1 saturated carbocycles. The quantitative estimate of drug-likeness (QED) is 0.840. The second-order valence-corrected chi connectivity index (χ2v) is 7.12. The van der Waals surface area contributed by atoms with Crippen molar-refractivity contribution < 1.29 is 14.6 Å². The fourth-order valence-corrected chi connectivity index (χ4v) is 3.94. The molecule has 5 heteroatoms. The molecule has 1 aliphatic heterocycles. The maximum atomic E-state index is 10.4. The summed E-state index contributed by atoms with van der Waals surface area (Å²) in [7, 11) is 0. The SMILES string of the molecule is Cl.O[C@@H]1C[C@H]2CNC[C@H]2C[C@H]1Oc1cccc(OCc2ccccc2)c1. The second-order valence-electron chi connectivity index (χ2n) is 7.12. The Kier molecular flexibility index (Phi) is 6.41. The third-order valence-electron chi connectivity index (χ3n) is 5.33. The Morgan fingerprint density at radius 1 is 0.923 bits per heavy atom. The molecule has 2 fully saturated rings. The molecule has 0 amide bonds. The van der Waals surface area contributed by atoms with Gasteiger partial charge in [-0.05, 0) is 55.5 Å². The maximum absolute atomic E-state index is 10.4. The van der Waals surface area contributed by atoms with Crippen LogP contribution in [0.25, 0.3) is 0 Å². The fourth-order valence-electron chi connectivity index (χ4n) is 3.94. The van der Waals surface area contributed by atoms with Gasteiger partial charge in [-0.25, -0.2) is 0 Å². The van der Waals surface area contributed by atoms with E-state index in [1.807, 2.05) is 54.6 Å². The van der Waals surface area contributed by atoms with Gasteiger partial charge in [0.25, 0.3) is 0 Å². The first-order valence-electron chi connectivity index (χ1n) is 9.10. The van der Waals surface area contributed by atoms with E-state index < -0.39 is 6.10 Å². The first kappa shape index (κ1) is 19.0. The molecule has 2 aliphatic rings. The maximum Gasteiger partial charge on any atom is 0.125 e. The number of halogens is 1. The Labute approximate surface area is 160 Å². The molecule has 140 valence electrons. The van der Waals surface area contributed by atoms with Crippen LogP contribution in [0.5, 0.6) is 11.5 Å². The van der Waals surface area contributed by atoms with Crippen molar-refractivity contribution in [2.45, 2.75) is 31.7 Å². The molecular formula is C21H26ClNO3. The van der Waals surface area contributed by atoms with Crippen molar-refractivity contribution in [1.29, 1.82) is 0 Å². The molecule has 2 aromatic rings. The van der Waals surface area contributed by atoms with Crippen molar-refractivity contribution in [2.75, 3.05) is 13.1 Å². The summed E-state index contributed by atoms with van der Waals surface area (Å²) in [5, 5.41) is 13.8. The second kappa shape index (κ2) is 8.76. The van der Waals surface area contributed by atoms with Gasteiger partial charge < -0.3 is 19.9 Å². The highest BCUT2D eigenvalue weighted by atomic mass is 35.5. The van der Waals surface area contributed by atoms with Crippen molar-refractivity contribution >= 4 is 12.4 Å². The van der Waals surface area contributed by atoms with Gasteiger partial charge in [0, 0.05) is 6.07 Å². The molecule has 4 rings (SSSR count). The van der Waals surface area contributed by atoms with Crippen molar-refractivity contribution in [3.63, 3.8) is 0 Å². The van der Waals surface area contributed by atoms with E-state index in [1.165, 1.54) is 0 Å². The van der Waals surface area contributed by atoms with Crippen LogP contribution >= 0.6 is 12.4 Å². The van der Waals surface area contributed by atoms with Gasteiger partial charge in [0.2, 0.25) is 0 Å². The molecule has 0 aromatic heterocycles. The summed E-state index contributed by atoms with van der Waals surface area (Å²) in [6.45, 7) is 2.60. The zero-order chi connectivity index (χ0) is 17.1. The van der Waals surface area contributed by atoms with Gasteiger partial charge in [-0.15, -0.1) is 12.4 Å². The Morgan fingerprint density at radius 3 is 2.46 bits per heavy atom. The van der Waals surface area contributed by atoms with E-state index in [1.54, 1.807) is 0 Å². The number of aliphatic hydroxyl groups is 1. The molecule has 1 heterocycles. The Hall–Kier alpha value is -1.75. The van der Waals surface area contributed by atoms with Crippen LogP contribution in [-0.2, 0) is 6.61 Å². The number of benzene rings is 2. The van der Waals surface area contributed by atoms with Gasteiger partial charge in [0.05, 0.1) is 6.10 Å². The number of rotatable bonds is 5. The average molecular weight is 376 g/mol. The van der Waals surface area contributed by atoms with Crippen LogP contribution in [0, 0.1) is 11.8 Å². The molecule has 26 heavy (non-hydrogen) atoms. The molecule has 1 aliphatic carbocycles. The third kappa shape index (κ3) is 4.50. The normalized spacial score (nSPS) is 27.3. The minimum absolute atomic E-state index is 0. The van der Waals surface area contributed by atoms with Gasteiger partial charge in [-0.1, -0.05) is 36.4 Å². The molecule has 2 aromatic carbocycles. The van der Waals surface area contributed by atoms with Crippen LogP contribution in [0.4, 0.5) is 0 Å². The summed E-state index contributed by atoms with van der Waals surface area (Å²) in [5.41, 5.74) is 1.14. The largest absolute Gasteiger partial charge is 0.489 e. The lowest BCUT2D eigenvalue weighted by molar-refractivity contribution is -0.0232. The lowest BCUT2D eigenvalue weighted by Gasteiger charge is -2.35. The smallest absolute Gasteiger partial charge is 0.125 e. The zero-order valence-corrected chi connectivity index (χ0v) is 15.5. The van der Waals surface area contributed by atoms with E-state index in [4.69, 9.17) is 9.47 Å². The summed E-state index contributed by atoms with van der Waals surface area (Å²) in [6.07, 6.45) is 1.21. The summed E-state index contributed by atoms with van der Waals surface area (Å²) in [4.78, 5) is 0. The summed E-state index contributed by atoms with van der Waals surface area (Å²) < 4.78 is 12.0. The van der Waals surface area contributed by atoms with Crippen LogP contribution in [0.2, 0.25) is 0 Å². The Morgan fingerprint density at radius 2 is 1.65 bits per heavy atom. The predicted octanol–water partition coefficient (Wildman–Crippen LogP) is 3.43. The standard InChI is InChI=1S/C21H25NO3.ClH/c23-20-9-16-12-22-13-17(16)10-21(20)25-19-8-4-7-18(11-19)24-14-15-5-2-1-3-6-15;/h1-8,11,16-17,20-23H,9-10,12-14H2;1H/t16-,17+,20+,21+;/m0./s1. The lowest BCUT2D eigenvalue weighted by atomic mass is 9.78. The Balaban J connectivity index is 0.00000196. The minimum atomic E-state index is -0.393. The van der Waals surface area contributed by atoms with Gasteiger partial charge in [-0.2, -0.15) is 0 Å². The molecule has 0 unspecified atom stereocenters. The van der Waals surface area contributed by atoms with Crippen molar-refractivity contribution in [3.05, 3.63) is 60.2 Å². The number of nitrogens with one attached hydrogen (secondary N) is 1. The topological polar surface area (TPSA) is 50.7 Å². The van der Waals surface area contributed by atoms with Crippen LogP contribution < -0.4 is 14.8 Å². The van der Waals surface area contributed by atoms with E-state index in [9.17, 15) is 5.11 Å². The van der Waals surface area contributed by atoms with Gasteiger partial charge in [0.15, 0.2) is 0 Å². The highest BCUT2D eigenvalue weighted by Crippen LogP contribution is 2.35. The van der Waals surface area contributed by atoms with Crippen molar-refractivity contribution in [1.82, 2.24) is 5.32 Å². The molecule has 0 spiro atoms. The molecule has 4 nitrogen and oxygen atoms in total. The van der Waals surface area contributed by atoms with Crippen LogP contribution in [-0.4, -0.2) is 30.4 Å². The van der Waals surface area contributed by atoms with Gasteiger partial charge in [-0.3, -0.25) is 0 Å². The molecule has 0 bridgehead atoms. The van der Waals surface area contributed by atoms with E-state index >= 15 is 0 Å². The van der Waals surface area contributed by atoms with Crippen molar-refractivity contribution in [3.8, 4) is 11.5 Å². The van der Waals surface area contributed by atoms with E-state index in [0.717, 1.165) is 43.0 Å². The lowest BCUT2D eigenvalue weighted by Crippen LogP contribution is -2.42. The third-order valence-corrected chi connectivity index (χ3v) is 5.33.